The molecular weight excluding hydrogens is 285 g/mol. The molecule has 1 unspecified atom stereocenters. The molecule has 20 heavy (non-hydrogen) atoms. The number of aryl methyl sites for hydroxylation is 1. The number of carboxylic acid groups (broad SMARTS) is 1. The summed E-state index contributed by atoms with van der Waals surface area (Å²) in [4.78, 5) is 24.7. The second kappa shape index (κ2) is 5.79. The van der Waals surface area contributed by atoms with Crippen molar-refractivity contribution in [3.8, 4) is 0 Å². The number of carboxylic acids is 1. The molecule has 0 aromatic heterocycles. The van der Waals surface area contributed by atoms with Gasteiger partial charge in [0.1, 0.15) is 0 Å². The molecule has 1 aliphatic heterocycles. The standard InChI is InChI=1S/C14H15ClFNO3/c1-8-4-5-10(12(16)11(8)15)13(18)17-6-2-3-9(7-17)14(19)20/h4-5,9H,2-3,6-7H2,1H3,(H,19,20). The van der Waals surface area contributed by atoms with E-state index in [4.69, 9.17) is 16.7 Å². The van der Waals surface area contributed by atoms with Crippen molar-refractivity contribution in [1.82, 2.24) is 4.90 Å². The van der Waals surface area contributed by atoms with Gasteiger partial charge >= 0.3 is 5.97 Å². The molecule has 1 heterocycles. The third-order valence-corrected chi connectivity index (χ3v) is 4.03. The summed E-state index contributed by atoms with van der Waals surface area (Å²) in [6, 6.07) is 2.97. The second-order valence-corrected chi connectivity index (χ2v) is 5.36. The summed E-state index contributed by atoms with van der Waals surface area (Å²) in [7, 11) is 0. The van der Waals surface area contributed by atoms with Crippen molar-refractivity contribution in [2.24, 2.45) is 5.92 Å². The van der Waals surface area contributed by atoms with Gasteiger partial charge in [0.15, 0.2) is 5.82 Å². The van der Waals surface area contributed by atoms with Crippen molar-refractivity contribution in [2.75, 3.05) is 13.1 Å². The topological polar surface area (TPSA) is 57.6 Å². The third-order valence-electron chi connectivity index (χ3n) is 3.56. The molecule has 1 fully saturated rings. The van der Waals surface area contributed by atoms with E-state index in [1.54, 1.807) is 13.0 Å². The Labute approximate surface area is 121 Å². The number of amides is 1. The van der Waals surface area contributed by atoms with Gasteiger partial charge in [0.25, 0.3) is 5.91 Å². The quantitative estimate of drug-likeness (QED) is 0.913. The molecule has 0 saturated carbocycles. The molecule has 108 valence electrons. The maximum Gasteiger partial charge on any atom is 0.308 e. The molecule has 1 atom stereocenters. The summed E-state index contributed by atoms with van der Waals surface area (Å²) in [5.41, 5.74) is 0.453. The number of carbonyl (C=O) groups is 2. The van der Waals surface area contributed by atoms with E-state index in [-0.39, 0.29) is 17.1 Å². The summed E-state index contributed by atoms with van der Waals surface area (Å²) in [6.45, 7) is 2.20. The zero-order chi connectivity index (χ0) is 14.9. The Morgan fingerprint density at radius 1 is 1.45 bits per heavy atom. The summed E-state index contributed by atoms with van der Waals surface area (Å²) in [6.07, 6.45) is 1.14. The highest BCUT2D eigenvalue weighted by Crippen LogP contribution is 2.25. The number of aliphatic carboxylic acids is 1. The number of rotatable bonds is 2. The smallest absolute Gasteiger partial charge is 0.308 e. The van der Waals surface area contributed by atoms with Gasteiger partial charge in [0.2, 0.25) is 0 Å². The highest BCUT2D eigenvalue weighted by Gasteiger charge is 2.30. The molecule has 1 aliphatic rings. The lowest BCUT2D eigenvalue weighted by Crippen LogP contribution is -2.42. The van der Waals surface area contributed by atoms with Crippen LogP contribution in [0.2, 0.25) is 5.02 Å². The molecule has 2 rings (SSSR count). The lowest BCUT2D eigenvalue weighted by atomic mass is 9.97. The summed E-state index contributed by atoms with van der Waals surface area (Å²) >= 11 is 5.81. The Hall–Kier alpha value is -1.62. The van der Waals surface area contributed by atoms with Crippen molar-refractivity contribution in [3.05, 3.63) is 34.1 Å². The van der Waals surface area contributed by atoms with E-state index in [1.165, 1.54) is 11.0 Å². The predicted molar refractivity (Wildman–Crippen MR) is 72.4 cm³/mol. The van der Waals surface area contributed by atoms with Crippen molar-refractivity contribution in [3.63, 3.8) is 0 Å². The second-order valence-electron chi connectivity index (χ2n) is 4.99. The largest absolute Gasteiger partial charge is 0.481 e. The zero-order valence-corrected chi connectivity index (χ0v) is 11.8. The Morgan fingerprint density at radius 2 is 2.15 bits per heavy atom. The van der Waals surface area contributed by atoms with Crippen LogP contribution in [0, 0.1) is 18.7 Å². The summed E-state index contributed by atoms with van der Waals surface area (Å²) < 4.78 is 14.0. The number of likely N-dealkylation sites (tertiary alicyclic amines) is 1. The first kappa shape index (κ1) is 14.8. The maximum absolute atomic E-state index is 14.0. The molecule has 0 radical (unpaired) electrons. The minimum absolute atomic E-state index is 0.0670. The van der Waals surface area contributed by atoms with Gasteiger partial charge in [-0.1, -0.05) is 17.7 Å². The fourth-order valence-corrected chi connectivity index (χ4v) is 2.51. The first-order chi connectivity index (χ1) is 9.41. The molecule has 6 heteroatoms. The van der Waals surface area contributed by atoms with Gasteiger partial charge in [-0.05, 0) is 31.4 Å². The normalized spacial score (nSPS) is 18.9. The van der Waals surface area contributed by atoms with Crippen molar-refractivity contribution < 1.29 is 19.1 Å². The van der Waals surface area contributed by atoms with Crippen molar-refractivity contribution in [2.45, 2.75) is 19.8 Å². The van der Waals surface area contributed by atoms with Gasteiger partial charge in [-0.3, -0.25) is 9.59 Å². The summed E-state index contributed by atoms with van der Waals surface area (Å²) in [5, 5.41) is 8.94. The first-order valence-corrected chi connectivity index (χ1v) is 6.76. The van der Waals surface area contributed by atoms with Gasteiger partial charge < -0.3 is 10.0 Å². The van der Waals surface area contributed by atoms with E-state index in [0.717, 1.165) is 0 Å². The van der Waals surface area contributed by atoms with Crippen molar-refractivity contribution in [1.29, 1.82) is 0 Å². The lowest BCUT2D eigenvalue weighted by Gasteiger charge is -2.31. The fourth-order valence-electron chi connectivity index (χ4n) is 2.34. The lowest BCUT2D eigenvalue weighted by molar-refractivity contribution is -0.143. The highest BCUT2D eigenvalue weighted by atomic mass is 35.5. The van der Waals surface area contributed by atoms with E-state index in [0.29, 0.717) is 24.9 Å². The average molecular weight is 300 g/mol. The van der Waals surface area contributed by atoms with E-state index in [9.17, 15) is 14.0 Å². The summed E-state index contributed by atoms with van der Waals surface area (Å²) in [5.74, 6) is -2.76. The molecule has 0 bridgehead atoms. The Morgan fingerprint density at radius 3 is 2.80 bits per heavy atom. The van der Waals surface area contributed by atoms with Crippen LogP contribution in [0.1, 0.15) is 28.8 Å². The Kier molecular flexibility index (Phi) is 4.28. The van der Waals surface area contributed by atoms with Gasteiger partial charge in [-0.25, -0.2) is 4.39 Å². The number of halogens is 2. The van der Waals surface area contributed by atoms with E-state index < -0.39 is 23.6 Å². The van der Waals surface area contributed by atoms with Crippen LogP contribution in [0.5, 0.6) is 0 Å². The van der Waals surface area contributed by atoms with Crippen LogP contribution >= 0.6 is 11.6 Å². The van der Waals surface area contributed by atoms with Gasteiger partial charge in [0.05, 0.1) is 16.5 Å². The van der Waals surface area contributed by atoms with Crippen LogP contribution < -0.4 is 0 Å². The molecule has 0 spiro atoms. The molecule has 1 saturated heterocycles. The zero-order valence-electron chi connectivity index (χ0n) is 11.0. The predicted octanol–water partition coefficient (Wildman–Crippen LogP) is 2.72. The number of benzene rings is 1. The Balaban J connectivity index is 2.23. The average Bonchev–Trinajstić information content (AvgIpc) is 2.44. The molecule has 1 aromatic carbocycles. The van der Waals surface area contributed by atoms with Crippen LogP contribution in [0.25, 0.3) is 0 Å². The number of nitrogens with zero attached hydrogens (tertiary/aromatic N) is 1. The molecular formula is C14H15ClFNO3. The fraction of sp³-hybridized carbons (Fsp3) is 0.429. The van der Waals surface area contributed by atoms with Crippen LogP contribution in [0.4, 0.5) is 4.39 Å². The number of carbonyl (C=O) groups excluding carboxylic acids is 1. The maximum atomic E-state index is 14.0. The van der Waals surface area contributed by atoms with Crippen LogP contribution in [-0.4, -0.2) is 35.0 Å². The monoisotopic (exact) mass is 299 g/mol. The van der Waals surface area contributed by atoms with Crippen LogP contribution in [-0.2, 0) is 4.79 Å². The van der Waals surface area contributed by atoms with Gasteiger partial charge in [-0.15, -0.1) is 0 Å². The molecule has 1 N–H and O–H groups in total. The molecule has 1 aromatic rings. The van der Waals surface area contributed by atoms with E-state index in [2.05, 4.69) is 0 Å². The van der Waals surface area contributed by atoms with E-state index >= 15 is 0 Å². The SMILES string of the molecule is Cc1ccc(C(=O)N2CCCC(C(=O)O)C2)c(F)c1Cl. The minimum Gasteiger partial charge on any atom is -0.481 e. The highest BCUT2D eigenvalue weighted by molar-refractivity contribution is 6.31. The molecule has 4 nitrogen and oxygen atoms in total. The Bertz CT molecular complexity index is 562. The van der Waals surface area contributed by atoms with Gasteiger partial charge in [0, 0.05) is 13.1 Å². The van der Waals surface area contributed by atoms with Crippen LogP contribution in [0.15, 0.2) is 12.1 Å². The number of piperidine rings is 1. The number of hydrogen-bond donors (Lipinski definition) is 1. The van der Waals surface area contributed by atoms with E-state index in [1.807, 2.05) is 0 Å². The number of hydrogen-bond acceptors (Lipinski definition) is 2. The first-order valence-electron chi connectivity index (χ1n) is 6.38. The van der Waals surface area contributed by atoms with Crippen molar-refractivity contribution >= 4 is 23.5 Å². The molecule has 0 aliphatic carbocycles. The van der Waals surface area contributed by atoms with Gasteiger partial charge in [-0.2, -0.15) is 0 Å². The third kappa shape index (κ3) is 2.77. The van der Waals surface area contributed by atoms with Crippen LogP contribution in [0.3, 0.4) is 0 Å². The molecule has 1 amide bonds. The minimum atomic E-state index is -0.926.